The topological polar surface area (TPSA) is 41.3 Å². The van der Waals surface area contributed by atoms with Crippen LogP contribution in [0.2, 0.25) is 0 Å². The smallest absolute Gasteiger partial charge is 0.265 e. The lowest BCUT2D eigenvalue weighted by molar-refractivity contribution is 0.131. The quantitative estimate of drug-likeness (QED) is 0.820. The second-order valence-corrected chi connectivity index (χ2v) is 5.30. The van der Waals surface area contributed by atoms with Crippen molar-refractivity contribution in [2.75, 3.05) is 11.2 Å². The number of hydrazine groups is 1. The zero-order valence-corrected chi connectivity index (χ0v) is 11.4. The number of hydrogen-bond donors (Lipinski definition) is 2. The van der Waals surface area contributed by atoms with Gasteiger partial charge in [-0.2, -0.15) is 0 Å². The number of anilines is 2. The molecule has 5 heteroatoms. The lowest BCUT2D eigenvalue weighted by Gasteiger charge is -2.39. The maximum Gasteiger partial charge on any atom is 0.265 e. The lowest BCUT2D eigenvalue weighted by Crippen LogP contribution is -2.47. The van der Waals surface area contributed by atoms with Gasteiger partial charge < -0.3 is 11.2 Å². The van der Waals surface area contributed by atoms with Crippen molar-refractivity contribution in [2.24, 2.45) is 0 Å². The van der Waals surface area contributed by atoms with Crippen LogP contribution in [0.15, 0.2) is 18.2 Å². The van der Waals surface area contributed by atoms with Gasteiger partial charge in [-0.1, -0.05) is 6.42 Å². The predicted molar refractivity (Wildman–Crippen MR) is 74.0 cm³/mol. The van der Waals surface area contributed by atoms with Crippen LogP contribution < -0.4 is 11.2 Å². The fraction of sp³-hybridized carbons (Fsp3) is 0.571. The van der Waals surface area contributed by atoms with Crippen LogP contribution in [0.3, 0.4) is 0 Å². The molecule has 3 N–H and O–H groups in total. The number of nitrogens with two attached hydrogens (primary N) is 1. The van der Waals surface area contributed by atoms with Crippen LogP contribution in [0.4, 0.5) is 20.2 Å². The molecule has 1 aliphatic rings. The van der Waals surface area contributed by atoms with E-state index in [9.17, 15) is 8.78 Å². The minimum Gasteiger partial charge on any atom is -0.399 e. The van der Waals surface area contributed by atoms with Gasteiger partial charge in [-0.15, -0.1) is 0 Å². The van der Waals surface area contributed by atoms with Gasteiger partial charge in [0.2, 0.25) is 0 Å². The molecule has 2 atom stereocenters. The highest BCUT2D eigenvalue weighted by molar-refractivity contribution is 5.58. The van der Waals surface area contributed by atoms with Gasteiger partial charge in [-0.25, -0.2) is 13.8 Å². The number of nitrogen functional groups attached to an aromatic ring is 1. The number of alkyl halides is 2. The lowest BCUT2D eigenvalue weighted by atomic mass is 10.00. The van der Waals surface area contributed by atoms with E-state index in [-0.39, 0.29) is 5.56 Å². The average Bonchev–Trinajstić information content (AvgIpc) is 2.35. The van der Waals surface area contributed by atoms with Crippen molar-refractivity contribution < 1.29 is 8.78 Å². The third-order valence-corrected chi connectivity index (χ3v) is 3.75. The Morgan fingerprint density at radius 3 is 2.47 bits per heavy atom. The van der Waals surface area contributed by atoms with Crippen molar-refractivity contribution in [3.05, 3.63) is 23.8 Å². The number of piperidine rings is 1. The molecule has 2 rings (SSSR count). The third-order valence-electron chi connectivity index (χ3n) is 3.75. The van der Waals surface area contributed by atoms with E-state index in [0.717, 1.165) is 12.8 Å². The van der Waals surface area contributed by atoms with Crippen molar-refractivity contribution in [3.8, 4) is 0 Å². The molecule has 2 unspecified atom stereocenters. The Bertz CT molecular complexity index is 427. The van der Waals surface area contributed by atoms with Crippen LogP contribution in [0.1, 0.15) is 45.1 Å². The Hall–Kier alpha value is -1.36. The molecule has 1 aromatic rings. The molecule has 0 aromatic heterocycles. The summed E-state index contributed by atoms with van der Waals surface area (Å²) >= 11 is 0. The molecular weight excluding hydrogens is 248 g/mol. The van der Waals surface area contributed by atoms with E-state index in [2.05, 4.69) is 24.3 Å². The molecule has 1 fully saturated rings. The van der Waals surface area contributed by atoms with E-state index in [1.807, 2.05) is 0 Å². The molecule has 0 saturated carbocycles. The van der Waals surface area contributed by atoms with Crippen molar-refractivity contribution in [1.82, 2.24) is 5.01 Å². The molecule has 19 heavy (non-hydrogen) atoms. The summed E-state index contributed by atoms with van der Waals surface area (Å²) in [5, 5.41) is 2.07. The maximum absolute atomic E-state index is 13.0. The van der Waals surface area contributed by atoms with Crippen molar-refractivity contribution >= 4 is 11.4 Å². The van der Waals surface area contributed by atoms with Crippen LogP contribution in [0, 0.1) is 0 Å². The van der Waals surface area contributed by atoms with Gasteiger partial charge in [0, 0.05) is 23.3 Å². The van der Waals surface area contributed by atoms with E-state index in [4.69, 9.17) is 5.73 Å². The summed E-state index contributed by atoms with van der Waals surface area (Å²) < 4.78 is 26.1. The van der Waals surface area contributed by atoms with E-state index < -0.39 is 6.43 Å². The molecule has 0 bridgehead atoms. The largest absolute Gasteiger partial charge is 0.399 e. The zero-order chi connectivity index (χ0) is 14.0. The number of hydrogen-bond acceptors (Lipinski definition) is 3. The van der Waals surface area contributed by atoms with Crippen molar-refractivity contribution in [1.29, 1.82) is 0 Å². The Labute approximate surface area is 112 Å². The van der Waals surface area contributed by atoms with Crippen molar-refractivity contribution in [3.63, 3.8) is 0 Å². The number of nitrogens with one attached hydrogen (secondary N) is 1. The fourth-order valence-corrected chi connectivity index (χ4v) is 2.64. The number of halogens is 2. The predicted octanol–water partition coefficient (Wildman–Crippen LogP) is 3.80. The Kier molecular flexibility index (Phi) is 4.24. The molecule has 1 aliphatic heterocycles. The Morgan fingerprint density at radius 2 is 1.89 bits per heavy atom. The molecule has 1 aromatic carbocycles. The molecule has 0 radical (unpaired) electrons. The summed E-state index contributed by atoms with van der Waals surface area (Å²) in [6.45, 7) is 4.23. The van der Waals surface area contributed by atoms with E-state index in [1.165, 1.54) is 12.5 Å². The van der Waals surface area contributed by atoms with E-state index in [1.54, 1.807) is 12.1 Å². The first-order chi connectivity index (χ1) is 8.99. The fourth-order valence-electron chi connectivity index (χ4n) is 2.64. The molecule has 0 spiro atoms. The zero-order valence-electron chi connectivity index (χ0n) is 11.4. The van der Waals surface area contributed by atoms with Crippen molar-refractivity contribution in [2.45, 2.75) is 51.6 Å². The highest BCUT2D eigenvalue weighted by atomic mass is 19.3. The van der Waals surface area contributed by atoms with Crippen LogP contribution in [-0.4, -0.2) is 17.1 Å². The highest BCUT2D eigenvalue weighted by Crippen LogP contribution is 2.31. The standard InChI is InChI=1S/C14H21F2N3/c1-9-4-3-5-10(2)19(9)18-13-7-6-11(17)8-12(13)14(15)16/h6-10,14,18H,3-5,17H2,1-2H3. The summed E-state index contributed by atoms with van der Waals surface area (Å²) in [7, 11) is 0. The van der Waals surface area contributed by atoms with Gasteiger partial charge in [0.1, 0.15) is 0 Å². The maximum atomic E-state index is 13.0. The molecule has 1 heterocycles. The first-order valence-electron chi connectivity index (χ1n) is 6.71. The first-order valence-corrected chi connectivity index (χ1v) is 6.71. The molecule has 106 valence electrons. The van der Waals surface area contributed by atoms with Crippen LogP contribution in [0.5, 0.6) is 0 Å². The summed E-state index contributed by atoms with van der Waals surface area (Å²) in [5.74, 6) is 0. The summed E-state index contributed by atoms with van der Waals surface area (Å²) in [6.07, 6.45) is 0.817. The highest BCUT2D eigenvalue weighted by Gasteiger charge is 2.26. The minimum atomic E-state index is -2.53. The number of nitrogens with zero attached hydrogens (tertiary/aromatic N) is 1. The number of benzene rings is 1. The molecule has 1 saturated heterocycles. The van der Waals surface area contributed by atoms with Gasteiger partial charge >= 0.3 is 0 Å². The molecule has 3 nitrogen and oxygen atoms in total. The molecule has 0 aliphatic carbocycles. The normalized spacial score (nSPS) is 24.7. The molecular formula is C14H21F2N3. The third kappa shape index (κ3) is 3.15. The second-order valence-electron chi connectivity index (χ2n) is 5.30. The summed E-state index contributed by atoms with van der Waals surface area (Å²) in [4.78, 5) is 0. The van der Waals surface area contributed by atoms with E-state index >= 15 is 0 Å². The van der Waals surface area contributed by atoms with Crippen LogP contribution in [0.25, 0.3) is 0 Å². The minimum absolute atomic E-state index is 0.0371. The second kappa shape index (κ2) is 5.74. The Balaban J connectivity index is 2.22. The van der Waals surface area contributed by atoms with E-state index in [0.29, 0.717) is 23.5 Å². The SMILES string of the molecule is CC1CCCC(C)N1Nc1ccc(N)cc1C(F)F. The van der Waals surface area contributed by atoms with Crippen LogP contribution in [-0.2, 0) is 0 Å². The van der Waals surface area contributed by atoms with Gasteiger partial charge in [-0.3, -0.25) is 0 Å². The van der Waals surface area contributed by atoms with Gasteiger partial charge in [-0.05, 0) is 44.9 Å². The van der Waals surface area contributed by atoms with Gasteiger partial charge in [0.25, 0.3) is 6.43 Å². The summed E-state index contributed by atoms with van der Waals surface area (Å²) in [6, 6.07) is 5.30. The van der Waals surface area contributed by atoms with Gasteiger partial charge in [0.15, 0.2) is 0 Å². The summed E-state index contributed by atoms with van der Waals surface area (Å²) in [5.41, 5.74) is 9.51. The van der Waals surface area contributed by atoms with Crippen LogP contribution >= 0.6 is 0 Å². The first kappa shape index (κ1) is 14.1. The monoisotopic (exact) mass is 269 g/mol. The average molecular weight is 269 g/mol. The number of rotatable bonds is 3. The Morgan fingerprint density at radius 1 is 1.26 bits per heavy atom. The molecule has 0 amide bonds. The van der Waals surface area contributed by atoms with Gasteiger partial charge in [0.05, 0.1) is 5.69 Å².